The normalized spacial score (nSPS) is 14.1. The van der Waals surface area contributed by atoms with Gasteiger partial charge in [0, 0.05) is 24.3 Å². The van der Waals surface area contributed by atoms with Gasteiger partial charge in [0.2, 0.25) is 0 Å². The van der Waals surface area contributed by atoms with Crippen LogP contribution in [0.25, 0.3) is 0 Å². The summed E-state index contributed by atoms with van der Waals surface area (Å²) >= 11 is 0. The lowest BCUT2D eigenvalue weighted by Gasteiger charge is -2.34. The van der Waals surface area contributed by atoms with E-state index in [1.54, 1.807) is 6.07 Å². The van der Waals surface area contributed by atoms with E-state index < -0.39 is 0 Å². The first-order valence-corrected chi connectivity index (χ1v) is 5.29. The number of halogens is 1. The third-order valence-electron chi connectivity index (χ3n) is 2.44. The zero-order valence-corrected chi connectivity index (χ0v) is 9.18. The fraction of sp³-hybridized carbons (Fsp3) is 0.500. The minimum Gasteiger partial charge on any atom is -0.371 e. The van der Waals surface area contributed by atoms with Crippen molar-refractivity contribution in [2.75, 3.05) is 18.0 Å². The molecule has 0 aromatic heterocycles. The standard InChI is InChI=1S/C10H12FN.C2H6/c1-8-9(11)4-2-5-10(8)12-6-3-7-12;1-2/h2,4-5H,3,6-7H2,1H3;1-2H3. The smallest absolute Gasteiger partial charge is 0.128 e. The quantitative estimate of drug-likeness (QED) is 0.664. The van der Waals surface area contributed by atoms with E-state index in [9.17, 15) is 4.39 Å². The molecule has 0 radical (unpaired) electrons. The first-order valence-electron chi connectivity index (χ1n) is 5.29. The molecule has 0 unspecified atom stereocenters. The lowest BCUT2D eigenvalue weighted by atomic mass is 10.1. The minimum absolute atomic E-state index is 0.0978. The number of hydrogen-bond donors (Lipinski definition) is 0. The highest BCUT2D eigenvalue weighted by Gasteiger charge is 2.17. The van der Waals surface area contributed by atoms with E-state index in [2.05, 4.69) is 4.90 Å². The molecule has 0 saturated carbocycles. The van der Waals surface area contributed by atoms with Crippen LogP contribution in [0.5, 0.6) is 0 Å². The van der Waals surface area contributed by atoms with Gasteiger partial charge in [-0.1, -0.05) is 19.9 Å². The Bertz CT molecular complexity index is 292. The maximum absolute atomic E-state index is 13.1. The number of nitrogens with zero attached hydrogens (tertiary/aromatic N) is 1. The van der Waals surface area contributed by atoms with Gasteiger partial charge >= 0.3 is 0 Å². The molecular weight excluding hydrogens is 177 g/mol. The molecule has 14 heavy (non-hydrogen) atoms. The molecule has 1 aromatic rings. The Morgan fingerprint density at radius 3 is 2.36 bits per heavy atom. The molecule has 0 N–H and O–H groups in total. The second-order valence-corrected chi connectivity index (χ2v) is 3.22. The average Bonchev–Trinajstić information content (AvgIpc) is 2.13. The van der Waals surface area contributed by atoms with Crippen LogP contribution in [0, 0.1) is 12.7 Å². The Hall–Kier alpha value is -1.05. The molecule has 1 aliphatic heterocycles. The average molecular weight is 195 g/mol. The van der Waals surface area contributed by atoms with Gasteiger partial charge in [0.05, 0.1) is 0 Å². The van der Waals surface area contributed by atoms with Crippen LogP contribution in [0.1, 0.15) is 25.8 Å². The molecule has 1 aromatic carbocycles. The summed E-state index contributed by atoms with van der Waals surface area (Å²) < 4.78 is 13.1. The van der Waals surface area contributed by atoms with Crippen molar-refractivity contribution in [2.45, 2.75) is 27.2 Å². The maximum Gasteiger partial charge on any atom is 0.128 e. The Labute approximate surface area is 85.5 Å². The van der Waals surface area contributed by atoms with Crippen LogP contribution in [0.4, 0.5) is 10.1 Å². The zero-order valence-electron chi connectivity index (χ0n) is 9.18. The van der Waals surface area contributed by atoms with Crippen molar-refractivity contribution < 1.29 is 4.39 Å². The minimum atomic E-state index is -0.0978. The van der Waals surface area contributed by atoms with Crippen molar-refractivity contribution in [3.63, 3.8) is 0 Å². The van der Waals surface area contributed by atoms with E-state index in [1.807, 2.05) is 26.8 Å². The number of anilines is 1. The molecule has 0 atom stereocenters. The summed E-state index contributed by atoms with van der Waals surface area (Å²) in [5.74, 6) is -0.0978. The Morgan fingerprint density at radius 2 is 1.86 bits per heavy atom. The lowest BCUT2D eigenvalue weighted by Crippen LogP contribution is -2.37. The van der Waals surface area contributed by atoms with E-state index in [0.29, 0.717) is 0 Å². The van der Waals surface area contributed by atoms with Crippen LogP contribution in [-0.2, 0) is 0 Å². The van der Waals surface area contributed by atoms with E-state index in [4.69, 9.17) is 0 Å². The highest BCUT2D eigenvalue weighted by atomic mass is 19.1. The summed E-state index contributed by atoms with van der Waals surface area (Å²) in [4.78, 5) is 2.21. The van der Waals surface area contributed by atoms with Gasteiger partial charge in [-0.15, -0.1) is 0 Å². The number of hydrogen-bond acceptors (Lipinski definition) is 1. The van der Waals surface area contributed by atoms with Crippen molar-refractivity contribution in [1.29, 1.82) is 0 Å². The van der Waals surface area contributed by atoms with Gasteiger partial charge in [0.25, 0.3) is 0 Å². The van der Waals surface area contributed by atoms with Crippen LogP contribution >= 0.6 is 0 Å². The third kappa shape index (κ3) is 2.06. The zero-order chi connectivity index (χ0) is 10.6. The van der Waals surface area contributed by atoms with Gasteiger partial charge in [-0.3, -0.25) is 0 Å². The molecule has 1 fully saturated rings. The van der Waals surface area contributed by atoms with Crippen molar-refractivity contribution in [3.05, 3.63) is 29.6 Å². The molecule has 0 amide bonds. The number of rotatable bonds is 1. The van der Waals surface area contributed by atoms with Crippen LogP contribution < -0.4 is 4.90 Å². The van der Waals surface area contributed by atoms with Crippen LogP contribution in [0.2, 0.25) is 0 Å². The SMILES string of the molecule is CC.Cc1c(F)cccc1N1CCC1. The van der Waals surface area contributed by atoms with Crippen LogP contribution in [0.3, 0.4) is 0 Å². The largest absolute Gasteiger partial charge is 0.371 e. The Morgan fingerprint density at radius 1 is 1.21 bits per heavy atom. The molecule has 1 aliphatic rings. The summed E-state index contributed by atoms with van der Waals surface area (Å²) in [5.41, 5.74) is 1.83. The second kappa shape index (κ2) is 4.99. The van der Waals surface area contributed by atoms with E-state index >= 15 is 0 Å². The monoisotopic (exact) mass is 195 g/mol. The molecule has 2 rings (SSSR count). The summed E-state index contributed by atoms with van der Waals surface area (Å²) in [6.45, 7) is 7.98. The molecule has 78 valence electrons. The first kappa shape index (κ1) is 11.0. The fourth-order valence-corrected chi connectivity index (χ4v) is 1.50. The van der Waals surface area contributed by atoms with Gasteiger partial charge in [0.15, 0.2) is 0 Å². The van der Waals surface area contributed by atoms with Gasteiger partial charge in [-0.2, -0.15) is 0 Å². The maximum atomic E-state index is 13.1. The van der Waals surface area contributed by atoms with Gasteiger partial charge in [0.1, 0.15) is 5.82 Å². The van der Waals surface area contributed by atoms with Gasteiger partial charge in [-0.05, 0) is 25.5 Å². The molecule has 0 spiro atoms. The molecule has 1 nitrogen and oxygen atoms in total. The predicted octanol–water partition coefficient (Wildman–Crippen LogP) is 3.37. The lowest BCUT2D eigenvalue weighted by molar-refractivity contribution is 0.595. The van der Waals surface area contributed by atoms with Gasteiger partial charge < -0.3 is 4.90 Å². The van der Waals surface area contributed by atoms with Crippen LogP contribution in [-0.4, -0.2) is 13.1 Å². The Balaban J connectivity index is 0.000000461. The summed E-state index contributed by atoms with van der Waals surface area (Å²) in [7, 11) is 0. The second-order valence-electron chi connectivity index (χ2n) is 3.22. The number of benzene rings is 1. The predicted molar refractivity (Wildman–Crippen MR) is 59.3 cm³/mol. The molecule has 0 bridgehead atoms. The van der Waals surface area contributed by atoms with E-state index in [1.165, 1.54) is 12.5 Å². The topological polar surface area (TPSA) is 3.24 Å². The van der Waals surface area contributed by atoms with Crippen molar-refractivity contribution >= 4 is 5.69 Å². The fourth-order valence-electron chi connectivity index (χ4n) is 1.50. The van der Waals surface area contributed by atoms with E-state index in [0.717, 1.165) is 24.3 Å². The molecule has 1 saturated heterocycles. The molecular formula is C12H18FN. The first-order chi connectivity index (χ1) is 6.79. The Kier molecular flexibility index (Phi) is 3.93. The summed E-state index contributed by atoms with van der Waals surface area (Å²) in [5, 5.41) is 0. The molecule has 2 heteroatoms. The summed E-state index contributed by atoms with van der Waals surface area (Å²) in [6, 6.07) is 5.27. The highest BCUT2D eigenvalue weighted by molar-refractivity contribution is 5.54. The van der Waals surface area contributed by atoms with Crippen molar-refractivity contribution in [3.8, 4) is 0 Å². The summed E-state index contributed by atoms with van der Waals surface area (Å²) in [6.07, 6.45) is 1.23. The van der Waals surface area contributed by atoms with Crippen LogP contribution in [0.15, 0.2) is 18.2 Å². The van der Waals surface area contributed by atoms with Crippen molar-refractivity contribution in [1.82, 2.24) is 0 Å². The highest BCUT2D eigenvalue weighted by Crippen LogP contribution is 2.25. The molecule has 1 heterocycles. The molecule has 0 aliphatic carbocycles. The van der Waals surface area contributed by atoms with Gasteiger partial charge in [-0.25, -0.2) is 4.39 Å². The third-order valence-corrected chi connectivity index (χ3v) is 2.44. The van der Waals surface area contributed by atoms with E-state index in [-0.39, 0.29) is 5.82 Å². The van der Waals surface area contributed by atoms with Crippen molar-refractivity contribution in [2.24, 2.45) is 0 Å².